The number of hydrogen-bond acceptors (Lipinski definition) is 5. The molecule has 0 spiro atoms. The minimum atomic E-state index is -1.27. The summed E-state index contributed by atoms with van der Waals surface area (Å²) >= 11 is 0. The maximum atomic E-state index is 13.7. The highest BCUT2D eigenvalue weighted by atomic mass is 19.1. The second-order valence-corrected chi connectivity index (χ2v) is 6.43. The summed E-state index contributed by atoms with van der Waals surface area (Å²) < 4.78 is 19.0. The van der Waals surface area contributed by atoms with Crippen molar-refractivity contribution < 1.29 is 18.7 Å². The molecule has 0 bridgehead atoms. The third kappa shape index (κ3) is 4.30. The number of aromatic nitrogens is 1. The van der Waals surface area contributed by atoms with E-state index in [0.717, 1.165) is 4.90 Å². The molecule has 0 radical (unpaired) electrons. The van der Waals surface area contributed by atoms with E-state index in [1.807, 2.05) is 0 Å². The Morgan fingerprint density at radius 1 is 1.48 bits per heavy atom. The topological polar surface area (TPSA) is 97.5 Å². The number of likely N-dealkylation sites (tertiary alicyclic amines) is 1. The number of nitrogens with one attached hydrogen (secondary N) is 1. The summed E-state index contributed by atoms with van der Waals surface area (Å²) in [4.78, 5) is 29.5. The van der Waals surface area contributed by atoms with E-state index in [-0.39, 0.29) is 13.0 Å². The molecule has 0 unspecified atom stereocenters. The predicted octanol–water partition coefficient (Wildman–Crippen LogP) is 1.95. The zero-order valence-corrected chi connectivity index (χ0v) is 13.4. The Labute approximate surface area is 134 Å². The normalized spacial score (nSPS) is 21.1. The van der Waals surface area contributed by atoms with E-state index in [1.54, 1.807) is 20.8 Å². The Kier molecular flexibility index (Phi) is 4.72. The van der Waals surface area contributed by atoms with Gasteiger partial charge >= 0.3 is 6.09 Å². The molecule has 1 saturated heterocycles. The quantitative estimate of drug-likeness (QED) is 0.866. The number of nitrogens with two attached hydrogens (primary N) is 1. The highest BCUT2D eigenvalue weighted by molar-refractivity contribution is 5.98. The molecule has 2 amide bonds. The summed E-state index contributed by atoms with van der Waals surface area (Å²) in [6.07, 6.45) is 0.822. The maximum Gasteiger partial charge on any atom is 0.411 e. The van der Waals surface area contributed by atoms with E-state index in [2.05, 4.69) is 10.3 Å². The maximum absolute atomic E-state index is 13.7. The second-order valence-electron chi connectivity index (χ2n) is 6.43. The van der Waals surface area contributed by atoms with Gasteiger partial charge in [-0.15, -0.1) is 0 Å². The Morgan fingerprint density at radius 2 is 2.17 bits per heavy atom. The minimum absolute atomic E-state index is 0.0733. The van der Waals surface area contributed by atoms with Crippen LogP contribution in [0.2, 0.25) is 0 Å². The molecule has 1 aliphatic heterocycles. The van der Waals surface area contributed by atoms with Gasteiger partial charge in [-0.2, -0.15) is 0 Å². The summed E-state index contributed by atoms with van der Waals surface area (Å²) in [5.41, 5.74) is 5.66. The molecule has 2 rings (SSSR count). The van der Waals surface area contributed by atoms with Crippen LogP contribution in [0, 0.1) is 0 Å². The van der Waals surface area contributed by atoms with Gasteiger partial charge in [0.05, 0.1) is 24.1 Å². The van der Waals surface area contributed by atoms with Crippen LogP contribution in [0.4, 0.5) is 20.6 Å². The Bertz CT molecular complexity index is 603. The third-order valence-corrected chi connectivity index (χ3v) is 3.29. The Hall–Kier alpha value is -2.38. The minimum Gasteiger partial charge on any atom is -0.444 e. The van der Waals surface area contributed by atoms with Crippen molar-refractivity contribution >= 4 is 23.4 Å². The number of rotatable bonds is 2. The Balaban J connectivity index is 2.11. The number of nitrogens with zero attached hydrogens (tertiary/aromatic N) is 2. The van der Waals surface area contributed by atoms with Crippen molar-refractivity contribution in [3.63, 3.8) is 0 Å². The van der Waals surface area contributed by atoms with Crippen LogP contribution in [-0.4, -0.2) is 46.2 Å². The molecule has 0 aromatic carbocycles. The lowest BCUT2D eigenvalue weighted by molar-refractivity contribution is -0.120. The predicted molar refractivity (Wildman–Crippen MR) is 83.5 cm³/mol. The van der Waals surface area contributed by atoms with Gasteiger partial charge in [0.1, 0.15) is 17.8 Å². The van der Waals surface area contributed by atoms with Gasteiger partial charge in [-0.05, 0) is 26.8 Å². The standard InChI is InChI=1S/C15H21FN4O3/c1-15(2,3)23-14(22)20-8-9(16)6-12(20)13(21)19-11-4-5-18-7-10(11)17/h4-5,7,9,12H,6,8,17H2,1-3H3,(H,18,19,21)/t9-,12+/m1/s1. The second kappa shape index (κ2) is 6.39. The van der Waals surface area contributed by atoms with Crippen LogP contribution in [0.3, 0.4) is 0 Å². The van der Waals surface area contributed by atoms with Gasteiger partial charge in [0.2, 0.25) is 5.91 Å². The van der Waals surface area contributed by atoms with E-state index < -0.39 is 29.8 Å². The first-order chi connectivity index (χ1) is 10.7. The zero-order chi connectivity index (χ0) is 17.2. The van der Waals surface area contributed by atoms with Crippen LogP contribution in [0.15, 0.2) is 18.5 Å². The molecule has 126 valence electrons. The molecule has 1 fully saturated rings. The van der Waals surface area contributed by atoms with Crippen molar-refractivity contribution in [3.05, 3.63) is 18.5 Å². The van der Waals surface area contributed by atoms with Gasteiger partial charge < -0.3 is 15.8 Å². The van der Waals surface area contributed by atoms with Gasteiger partial charge in [-0.25, -0.2) is 9.18 Å². The zero-order valence-electron chi connectivity index (χ0n) is 13.4. The molecule has 8 heteroatoms. The van der Waals surface area contributed by atoms with Gasteiger partial charge in [0, 0.05) is 12.6 Å². The first-order valence-corrected chi connectivity index (χ1v) is 7.31. The van der Waals surface area contributed by atoms with Crippen LogP contribution < -0.4 is 11.1 Å². The van der Waals surface area contributed by atoms with Crippen LogP contribution in [0.1, 0.15) is 27.2 Å². The van der Waals surface area contributed by atoms with E-state index >= 15 is 0 Å². The fourth-order valence-electron chi connectivity index (χ4n) is 2.29. The van der Waals surface area contributed by atoms with Gasteiger partial charge in [0.15, 0.2) is 0 Å². The van der Waals surface area contributed by atoms with Crippen molar-refractivity contribution in [3.8, 4) is 0 Å². The molecule has 1 aromatic heterocycles. The number of ether oxygens (including phenoxy) is 1. The summed E-state index contributed by atoms with van der Waals surface area (Å²) in [7, 11) is 0. The largest absolute Gasteiger partial charge is 0.444 e. The van der Waals surface area contributed by atoms with E-state index in [0.29, 0.717) is 11.4 Å². The SMILES string of the molecule is CC(C)(C)OC(=O)N1C[C@H](F)C[C@H]1C(=O)Nc1ccncc1N. The Morgan fingerprint density at radius 3 is 2.78 bits per heavy atom. The molecular weight excluding hydrogens is 303 g/mol. The fraction of sp³-hybridized carbons (Fsp3) is 0.533. The van der Waals surface area contributed by atoms with Crippen molar-refractivity contribution in [2.45, 2.75) is 45.0 Å². The molecule has 0 saturated carbocycles. The van der Waals surface area contributed by atoms with E-state index in [9.17, 15) is 14.0 Å². The monoisotopic (exact) mass is 324 g/mol. The van der Waals surface area contributed by atoms with Crippen molar-refractivity contribution in [1.82, 2.24) is 9.88 Å². The molecule has 1 aliphatic rings. The number of carbonyl (C=O) groups is 2. The fourth-order valence-corrected chi connectivity index (χ4v) is 2.29. The smallest absolute Gasteiger partial charge is 0.411 e. The number of halogens is 1. The lowest BCUT2D eigenvalue weighted by atomic mass is 10.2. The van der Waals surface area contributed by atoms with E-state index in [4.69, 9.17) is 10.5 Å². The number of carbonyl (C=O) groups excluding carboxylic acids is 2. The number of amides is 2. The number of anilines is 2. The van der Waals surface area contributed by atoms with Gasteiger partial charge in [-0.3, -0.25) is 14.7 Å². The first-order valence-electron chi connectivity index (χ1n) is 7.31. The number of alkyl halides is 1. The molecule has 3 N–H and O–H groups in total. The molecule has 2 atom stereocenters. The molecule has 2 heterocycles. The summed E-state index contributed by atoms with van der Waals surface area (Å²) in [6, 6.07) is 0.597. The third-order valence-electron chi connectivity index (χ3n) is 3.29. The summed E-state index contributed by atoms with van der Waals surface area (Å²) in [6.45, 7) is 4.96. The molecule has 7 nitrogen and oxygen atoms in total. The number of pyridine rings is 1. The van der Waals surface area contributed by atoms with Crippen molar-refractivity contribution in [2.24, 2.45) is 0 Å². The average molecular weight is 324 g/mol. The van der Waals surface area contributed by atoms with Gasteiger partial charge in [-0.1, -0.05) is 0 Å². The first kappa shape index (κ1) is 17.0. The lowest BCUT2D eigenvalue weighted by Crippen LogP contribution is -2.45. The molecule has 1 aromatic rings. The average Bonchev–Trinajstić information content (AvgIpc) is 2.82. The van der Waals surface area contributed by atoms with Crippen molar-refractivity contribution in [2.75, 3.05) is 17.6 Å². The van der Waals surface area contributed by atoms with Crippen LogP contribution in [0.5, 0.6) is 0 Å². The summed E-state index contributed by atoms with van der Waals surface area (Å²) in [5, 5.41) is 2.60. The summed E-state index contributed by atoms with van der Waals surface area (Å²) in [5.74, 6) is -0.506. The highest BCUT2D eigenvalue weighted by Crippen LogP contribution is 2.25. The molecule has 0 aliphatic carbocycles. The molecule has 23 heavy (non-hydrogen) atoms. The van der Waals surface area contributed by atoms with Crippen LogP contribution >= 0.6 is 0 Å². The van der Waals surface area contributed by atoms with E-state index in [1.165, 1.54) is 18.5 Å². The number of hydrogen-bond donors (Lipinski definition) is 2. The molecular formula is C15H21FN4O3. The lowest BCUT2D eigenvalue weighted by Gasteiger charge is -2.27. The van der Waals surface area contributed by atoms with Crippen LogP contribution in [-0.2, 0) is 9.53 Å². The van der Waals surface area contributed by atoms with Crippen molar-refractivity contribution in [1.29, 1.82) is 0 Å². The van der Waals surface area contributed by atoms with Crippen LogP contribution in [0.25, 0.3) is 0 Å². The number of nitrogen functional groups attached to an aromatic ring is 1. The van der Waals surface area contributed by atoms with Gasteiger partial charge in [0.25, 0.3) is 0 Å². The highest BCUT2D eigenvalue weighted by Gasteiger charge is 2.41.